The molecule has 1 saturated heterocycles. The summed E-state index contributed by atoms with van der Waals surface area (Å²) in [5.41, 5.74) is 4.57. The summed E-state index contributed by atoms with van der Waals surface area (Å²) < 4.78 is 24.3. The number of rotatable bonds is 5. The Kier molecular flexibility index (Phi) is 6.23. The summed E-state index contributed by atoms with van der Waals surface area (Å²) in [6.45, 7) is 1.96. The molecule has 42 heavy (non-hydrogen) atoms. The smallest absolute Gasteiger partial charge is 0.260 e. The summed E-state index contributed by atoms with van der Waals surface area (Å²) in [5, 5.41) is 15.1. The predicted molar refractivity (Wildman–Crippen MR) is 156 cm³/mol. The predicted octanol–water partition coefficient (Wildman–Crippen LogP) is 3.96. The highest BCUT2D eigenvalue weighted by Crippen LogP contribution is 2.45. The van der Waals surface area contributed by atoms with Gasteiger partial charge in [0, 0.05) is 56.9 Å². The molecule has 5 aromatic rings. The van der Waals surface area contributed by atoms with Crippen LogP contribution in [0.5, 0.6) is 0 Å². The van der Waals surface area contributed by atoms with E-state index in [1.54, 1.807) is 31.6 Å². The minimum atomic E-state index is -0.436. The van der Waals surface area contributed by atoms with E-state index in [9.17, 15) is 9.59 Å². The number of aromatic amines is 1. The average Bonchev–Trinajstić information content (AvgIpc) is 3.60. The van der Waals surface area contributed by atoms with Gasteiger partial charge in [-0.3, -0.25) is 19.0 Å². The van der Waals surface area contributed by atoms with E-state index in [0.29, 0.717) is 47.8 Å². The number of hydrogen-bond acceptors (Lipinski definition) is 8. The number of H-pyrrole nitrogens is 1. The van der Waals surface area contributed by atoms with Crippen molar-refractivity contribution in [1.29, 1.82) is 0 Å². The second kappa shape index (κ2) is 10.1. The third kappa shape index (κ3) is 4.47. The van der Waals surface area contributed by atoms with Gasteiger partial charge in [-0.05, 0) is 31.0 Å². The first-order valence-corrected chi connectivity index (χ1v) is 13.6. The topological polar surface area (TPSA) is 135 Å². The number of aryl methyl sites for hydroxylation is 1. The molecule has 0 unspecified atom stereocenters. The number of carbonyl (C=O) groups is 1. The van der Waals surface area contributed by atoms with Crippen molar-refractivity contribution in [3.63, 3.8) is 0 Å². The van der Waals surface area contributed by atoms with Crippen LogP contribution < -0.4 is 21.1 Å². The SMILES string of the molecule is CN1Cc2c(cnn2C2CCOCC2)-c2cc(F)cc(Nc3cc(NC(=O)c4cnn(C)c4)nc4cc[nH]c(=O)c34)c21. The van der Waals surface area contributed by atoms with Gasteiger partial charge in [0.05, 0.1) is 64.2 Å². The minimum absolute atomic E-state index is 0.225. The number of halogens is 1. The van der Waals surface area contributed by atoms with Crippen LogP contribution in [0.25, 0.3) is 22.0 Å². The maximum atomic E-state index is 15.2. The van der Waals surface area contributed by atoms with Crippen molar-refractivity contribution in [2.24, 2.45) is 7.05 Å². The molecule has 12 nitrogen and oxygen atoms in total. The lowest BCUT2D eigenvalue weighted by molar-refractivity contribution is 0.0654. The summed E-state index contributed by atoms with van der Waals surface area (Å²) in [6.07, 6.45) is 8.09. The number of ether oxygens (including phenoxy) is 1. The number of nitrogens with zero attached hydrogens (tertiary/aromatic N) is 6. The first kappa shape index (κ1) is 25.9. The zero-order valence-electron chi connectivity index (χ0n) is 23.0. The van der Waals surface area contributed by atoms with Gasteiger partial charge in [-0.15, -0.1) is 0 Å². The molecule has 214 valence electrons. The number of hydrogen-bond donors (Lipinski definition) is 3. The van der Waals surface area contributed by atoms with E-state index in [4.69, 9.17) is 9.84 Å². The molecule has 1 amide bonds. The number of nitrogens with one attached hydrogen (secondary N) is 3. The molecule has 13 heteroatoms. The molecular weight excluding hydrogens is 541 g/mol. The number of amides is 1. The molecule has 6 heterocycles. The molecule has 0 saturated carbocycles. The van der Waals surface area contributed by atoms with Crippen LogP contribution in [0.4, 0.5) is 27.3 Å². The average molecular weight is 570 g/mol. The lowest BCUT2D eigenvalue weighted by Gasteiger charge is -2.32. The molecule has 7 rings (SSSR count). The number of aromatic nitrogens is 6. The normalized spacial score (nSPS) is 15.0. The molecule has 0 radical (unpaired) electrons. The van der Waals surface area contributed by atoms with Crippen LogP contribution >= 0.6 is 0 Å². The highest BCUT2D eigenvalue weighted by Gasteiger charge is 2.30. The zero-order chi connectivity index (χ0) is 29.0. The number of benzene rings is 1. The van der Waals surface area contributed by atoms with Gasteiger partial charge in [0.2, 0.25) is 0 Å². The van der Waals surface area contributed by atoms with Gasteiger partial charge in [-0.1, -0.05) is 0 Å². The van der Waals surface area contributed by atoms with Crippen molar-refractivity contribution < 1.29 is 13.9 Å². The summed E-state index contributed by atoms with van der Waals surface area (Å²) in [6, 6.07) is 6.37. The monoisotopic (exact) mass is 569 g/mol. The molecule has 1 fully saturated rings. The lowest BCUT2D eigenvalue weighted by atomic mass is 9.97. The van der Waals surface area contributed by atoms with E-state index in [2.05, 4.69) is 35.3 Å². The molecule has 0 bridgehead atoms. The highest BCUT2D eigenvalue weighted by atomic mass is 19.1. The Bertz CT molecular complexity index is 1900. The summed E-state index contributed by atoms with van der Waals surface area (Å²) in [4.78, 5) is 35.0. The molecule has 2 aliphatic heterocycles. The Morgan fingerprint density at radius 1 is 1.10 bits per heavy atom. The number of pyridine rings is 2. The van der Waals surface area contributed by atoms with E-state index in [1.165, 1.54) is 29.2 Å². The van der Waals surface area contributed by atoms with Gasteiger partial charge in [0.25, 0.3) is 11.5 Å². The molecule has 0 spiro atoms. The molecule has 0 aliphatic carbocycles. The highest BCUT2D eigenvalue weighted by molar-refractivity contribution is 6.05. The van der Waals surface area contributed by atoms with Crippen LogP contribution in [-0.2, 0) is 18.3 Å². The zero-order valence-corrected chi connectivity index (χ0v) is 23.0. The number of fused-ring (bicyclic) bond motifs is 4. The van der Waals surface area contributed by atoms with Crippen molar-refractivity contribution >= 4 is 39.7 Å². The van der Waals surface area contributed by atoms with E-state index >= 15 is 4.39 Å². The van der Waals surface area contributed by atoms with Crippen LogP contribution in [0.15, 0.2) is 53.8 Å². The van der Waals surface area contributed by atoms with Crippen molar-refractivity contribution in [3.8, 4) is 11.1 Å². The molecule has 2 aliphatic rings. The Morgan fingerprint density at radius 3 is 2.71 bits per heavy atom. The number of anilines is 4. The second-order valence-electron chi connectivity index (χ2n) is 10.6. The fraction of sp³-hybridized carbons (Fsp3) is 0.276. The van der Waals surface area contributed by atoms with Crippen LogP contribution in [0.3, 0.4) is 0 Å². The summed E-state index contributed by atoms with van der Waals surface area (Å²) in [5.74, 6) is -0.612. The van der Waals surface area contributed by atoms with E-state index < -0.39 is 11.7 Å². The van der Waals surface area contributed by atoms with Crippen molar-refractivity contribution in [1.82, 2.24) is 29.5 Å². The Balaban J connectivity index is 1.31. The Labute approximate surface area is 239 Å². The van der Waals surface area contributed by atoms with Crippen LogP contribution in [0.2, 0.25) is 0 Å². The fourth-order valence-corrected chi connectivity index (χ4v) is 5.86. The van der Waals surface area contributed by atoms with Gasteiger partial charge in [0.1, 0.15) is 11.6 Å². The summed E-state index contributed by atoms with van der Waals surface area (Å²) >= 11 is 0. The maximum Gasteiger partial charge on any atom is 0.260 e. The largest absolute Gasteiger partial charge is 0.381 e. The van der Waals surface area contributed by atoms with Gasteiger partial charge >= 0.3 is 0 Å². The van der Waals surface area contributed by atoms with Crippen molar-refractivity contribution in [2.75, 3.05) is 35.8 Å². The van der Waals surface area contributed by atoms with Crippen LogP contribution in [0.1, 0.15) is 34.9 Å². The third-order valence-corrected chi connectivity index (χ3v) is 7.78. The molecule has 4 aromatic heterocycles. The second-order valence-corrected chi connectivity index (χ2v) is 10.6. The van der Waals surface area contributed by atoms with Crippen molar-refractivity contribution in [3.05, 3.63) is 76.5 Å². The Hall–Kier alpha value is -5.04. The third-order valence-electron chi connectivity index (χ3n) is 7.78. The van der Waals surface area contributed by atoms with Gasteiger partial charge < -0.3 is 25.3 Å². The first-order chi connectivity index (χ1) is 20.4. The standard InChI is InChI=1S/C29H28FN9O3/c1-37-15-24-20(13-33-39(24)18-4-7-42-8-5-18)19-9-17(30)10-23(27(19)37)34-22-11-25(35-21-3-6-31-29(41)26(21)22)36-28(40)16-12-32-38(2)14-16/h3,6,9-14,18H,4-5,7-8,15H2,1-2H3,(H,31,41)(H2,34,35,36,40). The van der Waals surface area contributed by atoms with Crippen LogP contribution in [0, 0.1) is 5.82 Å². The maximum absolute atomic E-state index is 15.2. The van der Waals surface area contributed by atoms with E-state index in [1.807, 2.05) is 7.05 Å². The Morgan fingerprint density at radius 2 is 1.93 bits per heavy atom. The number of carbonyl (C=O) groups excluding carboxylic acids is 1. The van der Waals surface area contributed by atoms with E-state index in [-0.39, 0.29) is 22.8 Å². The fourth-order valence-electron chi connectivity index (χ4n) is 5.86. The van der Waals surface area contributed by atoms with Crippen molar-refractivity contribution in [2.45, 2.75) is 25.4 Å². The minimum Gasteiger partial charge on any atom is -0.381 e. The molecule has 1 aromatic carbocycles. The quantitative estimate of drug-likeness (QED) is 0.290. The van der Waals surface area contributed by atoms with Gasteiger partial charge in [-0.2, -0.15) is 10.2 Å². The van der Waals surface area contributed by atoms with Crippen LogP contribution in [-0.4, -0.2) is 55.7 Å². The molecular formula is C29H28FN9O3. The molecule has 0 atom stereocenters. The van der Waals surface area contributed by atoms with Gasteiger partial charge in [0.15, 0.2) is 0 Å². The molecule has 3 N–H and O–H groups in total. The first-order valence-electron chi connectivity index (χ1n) is 13.6. The lowest BCUT2D eigenvalue weighted by Crippen LogP contribution is -2.28. The summed E-state index contributed by atoms with van der Waals surface area (Å²) in [7, 11) is 3.66. The van der Waals surface area contributed by atoms with Gasteiger partial charge in [-0.25, -0.2) is 9.37 Å². The van der Waals surface area contributed by atoms with E-state index in [0.717, 1.165) is 29.8 Å².